The number of esters is 2. The van der Waals surface area contributed by atoms with Gasteiger partial charge < -0.3 is 33.2 Å². The number of fused-ring (bicyclic) bond motifs is 3. The van der Waals surface area contributed by atoms with E-state index in [1.165, 1.54) is 21.3 Å². The molecule has 204 valence electrons. The van der Waals surface area contributed by atoms with Crippen molar-refractivity contribution in [3.63, 3.8) is 0 Å². The molecule has 40 heavy (non-hydrogen) atoms. The second kappa shape index (κ2) is 10.4. The predicted molar refractivity (Wildman–Crippen MR) is 141 cm³/mol. The fourth-order valence-electron chi connectivity index (χ4n) is 5.73. The summed E-state index contributed by atoms with van der Waals surface area (Å²) in [4.78, 5) is 26.2. The van der Waals surface area contributed by atoms with E-state index >= 15 is 0 Å². The highest BCUT2D eigenvalue weighted by molar-refractivity contribution is 5.89. The van der Waals surface area contributed by atoms with Crippen LogP contribution in [0.2, 0.25) is 0 Å². The molecule has 6 rings (SSSR count). The van der Waals surface area contributed by atoms with E-state index in [4.69, 9.17) is 33.2 Å². The molecule has 2 heterocycles. The van der Waals surface area contributed by atoms with Gasteiger partial charge in [-0.25, -0.2) is 4.79 Å². The summed E-state index contributed by atoms with van der Waals surface area (Å²) in [6.45, 7) is 0.150. The zero-order valence-electron chi connectivity index (χ0n) is 22.1. The smallest absolute Gasteiger partial charge is 0.385 e. The van der Waals surface area contributed by atoms with Crippen molar-refractivity contribution in [2.75, 3.05) is 34.7 Å². The molecule has 0 amide bonds. The van der Waals surface area contributed by atoms with Crippen molar-refractivity contribution in [1.29, 1.82) is 0 Å². The van der Waals surface area contributed by atoms with Crippen LogP contribution in [-0.2, 0) is 19.1 Å². The van der Waals surface area contributed by atoms with Crippen molar-refractivity contribution in [3.05, 3.63) is 76.9 Å². The third-order valence-electron chi connectivity index (χ3n) is 7.48. The molecule has 0 radical (unpaired) electrons. The third kappa shape index (κ3) is 4.31. The molecule has 0 bridgehead atoms. The van der Waals surface area contributed by atoms with Gasteiger partial charge in [-0.15, -0.1) is 0 Å². The van der Waals surface area contributed by atoms with E-state index in [2.05, 4.69) is 11.8 Å². The predicted octanol–water partition coefficient (Wildman–Crippen LogP) is 4.01. The monoisotopic (exact) mass is 542 g/mol. The van der Waals surface area contributed by atoms with E-state index in [-0.39, 0.29) is 19.4 Å². The molecule has 1 fully saturated rings. The average molecular weight is 543 g/mol. The number of benzene rings is 3. The Morgan fingerprint density at radius 2 is 1.55 bits per heavy atom. The van der Waals surface area contributed by atoms with E-state index in [0.717, 1.165) is 11.1 Å². The highest BCUT2D eigenvalue weighted by atomic mass is 16.7. The van der Waals surface area contributed by atoms with Gasteiger partial charge in [0.25, 0.3) is 0 Å². The van der Waals surface area contributed by atoms with Crippen LogP contribution < -0.4 is 23.7 Å². The molecule has 1 aliphatic carbocycles. The standard InChI is InChI=1S/C31H26O9/c1-34-24-11-18(12-25(35-2)30(24)36-3)27-19-13-22-23(39-16-38-22)14-20(19)29(21-15-37-31(33)28(21)27)40-26(32)10-9-17-7-5-4-6-8-17/h4-8,11-14,21,27-29H,15-16H2,1-3H3/t21-,27+,28-,29-/m0/s1. The molecule has 3 aliphatic rings. The van der Waals surface area contributed by atoms with E-state index in [1.54, 1.807) is 12.1 Å². The second-order valence-corrected chi connectivity index (χ2v) is 9.53. The maximum Gasteiger partial charge on any atom is 0.385 e. The van der Waals surface area contributed by atoms with Gasteiger partial charge >= 0.3 is 11.9 Å². The van der Waals surface area contributed by atoms with Crippen LogP contribution in [0.1, 0.15) is 34.3 Å². The van der Waals surface area contributed by atoms with Crippen LogP contribution in [0.15, 0.2) is 54.6 Å². The number of cyclic esters (lactones) is 1. The van der Waals surface area contributed by atoms with E-state index in [0.29, 0.717) is 39.9 Å². The number of hydrogen-bond acceptors (Lipinski definition) is 9. The van der Waals surface area contributed by atoms with E-state index in [1.807, 2.05) is 42.5 Å². The van der Waals surface area contributed by atoms with E-state index in [9.17, 15) is 9.59 Å². The Balaban J connectivity index is 1.47. The zero-order valence-corrected chi connectivity index (χ0v) is 22.1. The number of carbonyl (C=O) groups excluding carboxylic acids is 2. The SMILES string of the molecule is COc1cc([C@@H]2c3cc4c(cc3[C@H](OC(=O)C#Cc3ccccc3)[C@H]3COC(=O)[C@H]23)OCO4)cc(OC)c1OC. The van der Waals surface area contributed by atoms with Gasteiger partial charge in [0.2, 0.25) is 12.5 Å². The van der Waals surface area contributed by atoms with Crippen LogP contribution in [0.25, 0.3) is 0 Å². The number of hydrogen-bond donors (Lipinski definition) is 0. The van der Waals surface area contributed by atoms with Crippen molar-refractivity contribution >= 4 is 11.9 Å². The summed E-state index contributed by atoms with van der Waals surface area (Å²) in [5.74, 6) is 5.10. The Morgan fingerprint density at radius 3 is 2.20 bits per heavy atom. The minimum Gasteiger partial charge on any atom is -0.493 e. The molecule has 2 aliphatic heterocycles. The second-order valence-electron chi connectivity index (χ2n) is 9.53. The summed E-state index contributed by atoms with van der Waals surface area (Å²) < 4.78 is 39.6. The van der Waals surface area contributed by atoms with Crippen LogP contribution >= 0.6 is 0 Å². The van der Waals surface area contributed by atoms with Gasteiger partial charge in [0.1, 0.15) is 6.10 Å². The number of methoxy groups -OCH3 is 3. The zero-order chi connectivity index (χ0) is 27.8. The Kier molecular flexibility index (Phi) is 6.60. The summed E-state index contributed by atoms with van der Waals surface area (Å²) in [5, 5.41) is 0. The first-order chi connectivity index (χ1) is 19.5. The van der Waals surface area contributed by atoms with Gasteiger partial charge in [0, 0.05) is 28.9 Å². The molecule has 3 aromatic carbocycles. The van der Waals surface area contributed by atoms with Gasteiger partial charge in [0.15, 0.2) is 23.0 Å². The number of rotatable bonds is 5. The summed E-state index contributed by atoms with van der Waals surface area (Å²) >= 11 is 0. The molecule has 0 aromatic heterocycles. The van der Waals surface area contributed by atoms with Gasteiger partial charge in [0.05, 0.1) is 33.9 Å². The average Bonchev–Trinajstić information content (AvgIpc) is 3.61. The first-order valence-electron chi connectivity index (χ1n) is 12.7. The van der Waals surface area contributed by atoms with Gasteiger partial charge in [-0.1, -0.05) is 24.1 Å². The number of ether oxygens (including phenoxy) is 7. The fourth-order valence-corrected chi connectivity index (χ4v) is 5.73. The van der Waals surface area contributed by atoms with Crippen molar-refractivity contribution in [3.8, 4) is 40.6 Å². The highest BCUT2D eigenvalue weighted by Gasteiger charge is 2.54. The van der Waals surface area contributed by atoms with Gasteiger partial charge in [-0.05, 0) is 47.5 Å². The van der Waals surface area contributed by atoms with Crippen molar-refractivity contribution < 1.29 is 42.7 Å². The molecule has 3 aromatic rings. The molecule has 0 unspecified atom stereocenters. The Hall–Kier alpha value is -4.84. The van der Waals surface area contributed by atoms with Gasteiger partial charge in [-0.2, -0.15) is 0 Å². The van der Waals surface area contributed by atoms with Crippen LogP contribution in [0.3, 0.4) is 0 Å². The van der Waals surface area contributed by atoms with Gasteiger partial charge in [-0.3, -0.25) is 4.79 Å². The highest BCUT2D eigenvalue weighted by Crippen LogP contribution is 2.56. The Bertz CT molecular complexity index is 1510. The summed E-state index contributed by atoms with van der Waals surface area (Å²) in [6.07, 6.45) is -0.795. The summed E-state index contributed by atoms with van der Waals surface area (Å²) in [6, 6.07) is 16.4. The maximum atomic E-state index is 13.3. The van der Waals surface area contributed by atoms with Crippen molar-refractivity contribution in [2.24, 2.45) is 11.8 Å². The molecule has 0 spiro atoms. The molecule has 1 saturated heterocycles. The summed E-state index contributed by atoms with van der Waals surface area (Å²) in [7, 11) is 4.60. The lowest BCUT2D eigenvalue weighted by Gasteiger charge is -2.38. The Labute approximate surface area is 230 Å². The molecule has 9 heteroatoms. The topological polar surface area (TPSA) is 98.8 Å². The quantitative estimate of drug-likeness (QED) is 0.350. The lowest BCUT2D eigenvalue weighted by molar-refractivity contribution is -0.148. The van der Waals surface area contributed by atoms with E-state index < -0.39 is 29.8 Å². The molecular weight excluding hydrogens is 516 g/mol. The maximum absolute atomic E-state index is 13.3. The summed E-state index contributed by atoms with van der Waals surface area (Å²) in [5.41, 5.74) is 2.87. The normalized spacial score (nSPS) is 21.7. The molecule has 9 nitrogen and oxygen atoms in total. The third-order valence-corrected chi connectivity index (χ3v) is 7.48. The molecule has 0 saturated carbocycles. The Morgan fingerprint density at radius 1 is 0.875 bits per heavy atom. The largest absolute Gasteiger partial charge is 0.493 e. The van der Waals surface area contributed by atoms with Crippen LogP contribution in [0.4, 0.5) is 0 Å². The molecule has 4 atom stereocenters. The van der Waals surface area contributed by atoms with Crippen molar-refractivity contribution in [1.82, 2.24) is 0 Å². The van der Waals surface area contributed by atoms with Crippen molar-refractivity contribution in [2.45, 2.75) is 12.0 Å². The first kappa shape index (κ1) is 25.4. The van der Waals surface area contributed by atoms with Crippen LogP contribution in [0, 0.1) is 23.7 Å². The number of carbonyl (C=O) groups is 2. The minimum absolute atomic E-state index is 0.0645. The molecular formula is C31H26O9. The lowest BCUT2D eigenvalue weighted by Crippen LogP contribution is -2.36. The first-order valence-corrected chi connectivity index (χ1v) is 12.7. The lowest BCUT2D eigenvalue weighted by atomic mass is 9.66. The van der Waals surface area contributed by atoms with Crippen LogP contribution in [0.5, 0.6) is 28.7 Å². The van der Waals surface area contributed by atoms with Crippen LogP contribution in [-0.4, -0.2) is 46.7 Å². The molecule has 0 N–H and O–H groups in total. The minimum atomic E-state index is -0.795. The fraction of sp³-hybridized carbons (Fsp3) is 0.290.